The summed E-state index contributed by atoms with van der Waals surface area (Å²) in [6, 6.07) is 1.61. The van der Waals surface area contributed by atoms with E-state index in [9.17, 15) is 29.1 Å². The van der Waals surface area contributed by atoms with Crippen LogP contribution in [-0.2, 0) is 24.0 Å². The smallest absolute Gasteiger partial charge is 0.303 e. The number of allylic oxidation sites excluding steroid dienone is 6. The molecule has 4 aliphatic rings. The summed E-state index contributed by atoms with van der Waals surface area (Å²) < 4.78 is 6.15. The lowest BCUT2D eigenvalue weighted by Crippen LogP contribution is -2.40. The lowest BCUT2D eigenvalue weighted by atomic mass is 9.59. The predicted molar refractivity (Wildman–Crippen MR) is 145 cm³/mol. The SMILES string of the molecule is COc1cc([C@H]2C3=CC[C@@H]4C(=O)N(CCCC(=O)O)C(=O)[C@@H]4[C@@H]3CC3=C2C(=O)C=C(C)C3=O)c(Br)c(Br)c1O. The van der Waals surface area contributed by atoms with Crippen LogP contribution in [0.15, 0.2) is 49.5 Å². The normalized spacial score (nSPS) is 26.2. The number of likely N-dealkylation sites (tertiary alicyclic amines) is 1. The number of carboxylic acid groups (broad SMARTS) is 1. The second-order valence-corrected chi connectivity index (χ2v) is 11.8. The van der Waals surface area contributed by atoms with Crippen LogP contribution in [-0.4, -0.2) is 58.1 Å². The minimum Gasteiger partial charge on any atom is -0.503 e. The quantitative estimate of drug-likeness (QED) is 0.262. The number of aliphatic carboxylic acids is 1. The maximum Gasteiger partial charge on any atom is 0.303 e. The Hall–Kier alpha value is -3.05. The standard InChI is InChI=1S/C28H25Br2NO8/c1-11-8-17(32)22-16(25(11)35)9-14-12(20(22)15-10-18(39-2)26(36)24(30)23(15)29)5-6-13-21(14)28(38)31(27(13)37)7-3-4-19(33)34/h5,8,10,13-14,20-21,36H,3-4,6-7,9H2,1-2H3,(H,33,34)/t13-,14+,20+,21-/m0/s1. The lowest BCUT2D eigenvalue weighted by molar-refractivity contribution is -0.142. The zero-order valence-electron chi connectivity index (χ0n) is 21.1. The number of methoxy groups -OCH3 is 1. The summed E-state index contributed by atoms with van der Waals surface area (Å²) in [6.07, 6.45) is 3.64. The van der Waals surface area contributed by atoms with Gasteiger partial charge in [0.1, 0.15) is 0 Å². The summed E-state index contributed by atoms with van der Waals surface area (Å²) in [5, 5.41) is 19.5. The number of hydrogen-bond donors (Lipinski definition) is 2. The van der Waals surface area contributed by atoms with E-state index in [1.165, 1.54) is 13.2 Å². The van der Waals surface area contributed by atoms with Crippen molar-refractivity contribution in [1.29, 1.82) is 0 Å². The van der Waals surface area contributed by atoms with Gasteiger partial charge in [-0.05, 0) is 81.7 Å². The van der Waals surface area contributed by atoms with Gasteiger partial charge in [0.25, 0.3) is 0 Å². The Morgan fingerprint density at radius 2 is 1.85 bits per heavy atom. The van der Waals surface area contributed by atoms with Crippen LogP contribution in [0.1, 0.15) is 44.1 Å². The van der Waals surface area contributed by atoms with Gasteiger partial charge in [0.05, 0.1) is 23.4 Å². The van der Waals surface area contributed by atoms with Gasteiger partial charge < -0.3 is 14.9 Å². The summed E-state index contributed by atoms with van der Waals surface area (Å²) in [7, 11) is 1.40. The largest absolute Gasteiger partial charge is 0.503 e. The number of aromatic hydroxyl groups is 1. The third-order valence-corrected chi connectivity index (χ3v) is 10.3. The van der Waals surface area contributed by atoms with Crippen molar-refractivity contribution in [2.24, 2.45) is 17.8 Å². The van der Waals surface area contributed by atoms with E-state index in [0.717, 1.165) is 10.5 Å². The van der Waals surface area contributed by atoms with Crippen molar-refractivity contribution in [2.45, 2.75) is 38.5 Å². The van der Waals surface area contributed by atoms with Crippen molar-refractivity contribution in [3.05, 3.63) is 55.0 Å². The molecule has 0 unspecified atom stereocenters. The van der Waals surface area contributed by atoms with Crippen LogP contribution < -0.4 is 4.74 Å². The molecule has 0 saturated carbocycles. The topological polar surface area (TPSA) is 138 Å². The summed E-state index contributed by atoms with van der Waals surface area (Å²) in [6.45, 7) is 1.60. The number of halogens is 2. The second kappa shape index (κ2) is 10.2. The van der Waals surface area contributed by atoms with Crippen LogP contribution >= 0.6 is 31.9 Å². The zero-order chi connectivity index (χ0) is 28.3. The lowest BCUT2D eigenvalue weighted by Gasteiger charge is -2.42. The van der Waals surface area contributed by atoms with Crippen LogP contribution in [0.4, 0.5) is 0 Å². The fourth-order valence-corrected chi connectivity index (χ4v) is 7.34. The maximum absolute atomic E-state index is 13.6. The Kier molecular flexibility index (Phi) is 7.17. The number of amides is 2. The van der Waals surface area contributed by atoms with Crippen molar-refractivity contribution >= 4 is 61.2 Å². The molecule has 9 nitrogen and oxygen atoms in total. The van der Waals surface area contributed by atoms with Crippen LogP contribution in [0.25, 0.3) is 0 Å². The van der Waals surface area contributed by atoms with E-state index in [1.807, 2.05) is 6.08 Å². The molecule has 1 heterocycles. The minimum atomic E-state index is -1.00. The van der Waals surface area contributed by atoms with Gasteiger partial charge in [-0.1, -0.05) is 11.6 Å². The number of carbonyl (C=O) groups is 5. The van der Waals surface area contributed by atoms with Gasteiger partial charge >= 0.3 is 5.97 Å². The van der Waals surface area contributed by atoms with E-state index < -0.39 is 29.6 Å². The highest BCUT2D eigenvalue weighted by Crippen LogP contribution is 2.57. The summed E-state index contributed by atoms with van der Waals surface area (Å²) in [5.41, 5.74) is 2.29. The Morgan fingerprint density at radius 3 is 2.51 bits per heavy atom. The molecule has 1 aromatic rings. The number of phenolic OH excluding ortho intramolecular Hbond substituents is 1. The number of ether oxygens (including phenoxy) is 1. The monoisotopic (exact) mass is 661 g/mol. The molecule has 204 valence electrons. The number of benzene rings is 1. The molecule has 4 atom stereocenters. The van der Waals surface area contributed by atoms with Crippen LogP contribution in [0.3, 0.4) is 0 Å². The first-order valence-electron chi connectivity index (χ1n) is 12.5. The molecule has 2 N–H and O–H groups in total. The van der Waals surface area contributed by atoms with Crippen molar-refractivity contribution in [3.63, 3.8) is 0 Å². The average molecular weight is 663 g/mol. The summed E-state index contributed by atoms with van der Waals surface area (Å²) >= 11 is 6.92. The molecule has 1 saturated heterocycles. The molecule has 5 rings (SSSR count). The molecular formula is C28H25Br2NO8. The Morgan fingerprint density at radius 1 is 1.13 bits per heavy atom. The molecule has 11 heteroatoms. The third kappa shape index (κ3) is 4.30. The van der Waals surface area contributed by atoms with E-state index in [4.69, 9.17) is 9.84 Å². The highest BCUT2D eigenvalue weighted by molar-refractivity contribution is 9.13. The first-order chi connectivity index (χ1) is 18.5. The van der Waals surface area contributed by atoms with E-state index >= 15 is 0 Å². The highest BCUT2D eigenvalue weighted by atomic mass is 79.9. The van der Waals surface area contributed by atoms with Crippen LogP contribution in [0.2, 0.25) is 0 Å². The molecule has 0 aromatic heterocycles. The van der Waals surface area contributed by atoms with Gasteiger partial charge in [0, 0.05) is 40.1 Å². The number of fused-ring (bicyclic) bond motifs is 3. The van der Waals surface area contributed by atoms with Gasteiger partial charge in [0.2, 0.25) is 11.8 Å². The molecule has 1 aromatic carbocycles. The summed E-state index contributed by atoms with van der Waals surface area (Å²) in [4.78, 5) is 65.9. The number of nitrogens with zero attached hydrogens (tertiary/aromatic N) is 1. The third-order valence-electron chi connectivity index (χ3n) is 8.13. The number of imide groups is 1. The first kappa shape index (κ1) is 27.5. The van der Waals surface area contributed by atoms with Gasteiger partial charge in [-0.15, -0.1) is 0 Å². The highest BCUT2D eigenvalue weighted by Gasteiger charge is 2.56. The zero-order valence-corrected chi connectivity index (χ0v) is 24.3. The number of rotatable bonds is 6. The average Bonchev–Trinajstić information content (AvgIpc) is 3.14. The molecule has 0 spiro atoms. The Bertz CT molecular complexity index is 1460. The minimum absolute atomic E-state index is 0.0172. The molecule has 39 heavy (non-hydrogen) atoms. The molecule has 2 amide bonds. The fourth-order valence-electron chi connectivity index (χ4n) is 6.39. The van der Waals surface area contributed by atoms with E-state index in [2.05, 4.69) is 31.9 Å². The first-order valence-corrected chi connectivity index (χ1v) is 14.1. The number of Topliss-reactive ketones (excluding diaryl/α,β-unsaturated/α-hetero) is 1. The molecule has 1 aliphatic heterocycles. The van der Waals surface area contributed by atoms with Crippen LogP contribution in [0.5, 0.6) is 11.5 Å². The van der Waals surface area contributed by atoms with Gasteiger partial charge in [-0.2, -0.15) is 0 Å². The van der Waals surface area contributed by atoms with Crippen molar-refractivity contribution < 1.29 is 38.9 Å². The van der Waals surface area contributed by atoms with Gasteiger partial charge in [-0.3, -0.25) is 28.9 Å². The fraction of sp³-hybridized carbons (Fsp3) is 0.393. The molecule has 0 bridgehead atoms. The van der Waals surface area contributed by atoms with E-state index in [0.29, 0.717) is 31.2 Å². The van der Waals surface area contributed by atoms with Crippen molar-refractivity contribution in [2.75, 3.05) is 13.7 Å². The Balaban J connectivity index is 1.65. The van der Waals surface area contributed by atoms with Crippen LogP contribution in [0, 0.1) is 17.8 Å². The molecule has 1 fully saturated rings. The number of carbonyl (C=O) groups excluding carboxylic acids is 4. The van der Waals surface area contributed by atoms with E-state index in [-0.39, 0.29) is 67.1 Å². The predicted octanol–water partition coefficient (Wildman–Crippen LogP) is 4.22. The Labute approximate surface area is 240 Å². The molecule has 0 radical (unpaired) electrons. The van der Waals surface area contributed by atoms with Crippen molar-refractivity contribution in [1.82, 2.24) is 4.90 Å². The second-order valence-electron chi connectivity index (χ2n) is 10.2. The van der Waals surface area contributed by atoms with Crippen molar-refractivity contribution in [3.8, 4) is 11.5 Å². The number of hydrogen-bond acceptors (Lipinski definition) is 7. The summed E-state index contributed by atoms with van der Waals surface area (Å²) in [5.74, 6) is -4.83. The van der Waals surface area contributed by atoms with E-state index in [1.54, 1.807) is 13.0 Å². The number of phenols is 1. The number of ketones is 2. The number of carboxylic acids is 1. The van der Waals surface area contributed by atoms with Gasteiger partial charge in [0.15, 0.2) is 23.1 Å². The van der Waals surface area contributed by atoms with Gasteiger partial charge in [-0.25, -0.2) is 0 Å². The molecule has 3 aliphatic carbocycles. The molecular weight excluding hydrogens is 638 g/mol. The maximum atomic E-state index is 13.6.